The lowest BCUT2D eigenvalue weighted by Gasteiger charge is -2.23. The van der Waals surface area contributed by atoms with Crippen LogP contribution in [0, 0.1) is 5.92 Å². The predicted octanol–water partition coefficient (Wildman–Crippen LogP) is 4.72. The summed E-state index contributed by atoms with van der Waals surface area (Å²) < 4.78 is 26.3. The maximum absolute atomic E-state index is 11.9. The van der Waals surface area contributed by atoms with E-state index in [2.05, 4.69) is 27.0 Å². The maximum atomic E-state index is 11.9. The number of carbonyl (C=O) groups is 1. The highest BCUT2D eigenvalue weighted by atomic mass is 31.2. The quantitative estimate of drug-likeness (QED) is 0.173. The minimum absolute atomic E-state index is 0.110. The molecule has 40 heavy (non-hydrogen) atoms. The molecule has 3 heterocycles. The van der Waals surface area contributed by atoms with Gasteiger partial charge in [-0.05, 0) is 24.5 Å². The first-order chi connectivity index (χ1) is 19.6. The molecule has 5 atom stereocenters. The molecule has 5 unspecified atom stereocenters. The largest absolute Gasteiger partial charge is 0.476 e. The molecule has 0 bridgehead atoms. The number of nitrogens with zero attached hydrogens (tertiary/aromatic N) is 4. The van der Waals surface area contributed by atoms with Crippen LogP contribution >= 0.6 is 8.53 Å². The number of nitrogen functional groups attached to an aromatic ring is 1. The highest BCUT2D eigenvalue weighted by Crippen LogP contribution is 2.42. The molecule has 3 N–H and O–H groups in total. The Morgan fingerprint density at radius 2 is 1.93 bits per heavy atom. The second-order valence-electron chi connectivity index (χ2n) is 9.45. The summed E-state index contributed by atoms with van der Waals surface area (Å²) in [6.45, 7) is 5.23. The smallest absolute Gasteiger partial charge is 0.257 e. The molecule has 210 valence electrons. The van der Waals surface area contributed by atoms with E-state index in [1.165, 1.54) is 0 Å². The monoisotopic (exact) mass is 564 g/mol. The Labute approximate surface area is 234 Å². The van der Waals surface area contributed by atoms with Crippen molar-refractivity contribution < 1.29 is 23.3 Å². The Morgan fingerprint density at radius 1 is 1.18 bits per heavy atom. The summed E-state index contributed by atoms with van der Waals surface area (Å²) in [4.78, 5) is 25.0. The molecule has 1 saturated heterocycles. The fraction of sp³-hybridized carbons (Fsp3) is 0.357. The Kier molecular flexibility index (Phi) is 9.30. The van der Waals surface area contributed by atoms with Crippen molar-refractivity contribution in [2.75, 3.05) is 18.9 Å². The Bertz CT molecular complexity index is 1390. The van der Waals surface area contributed by atoms with Crippen molar-refractivity contribution in [3.63, 3.8) is 0 Å². The van der Waals surface area contributed by atoms with Gasteiger partial charge >= 0.3 is 0 Å². The molecule has 2 aromatic heterocycles. The van der Waals surface area contributed by atoms with E-state index in [0.717, 1.165) is 23.8 Å². The number of ether oxygens (including phenoxy) is 2. The fourth-order valence-corrected chi connectivity index (χ4v) is 5.84. The van der Waals surface area contributed by atoms with Crippen LogP contribution in [-0.4, -0.2) is 45.1 Å². The number of aromatic nitrogens is 4. The summed E-state index contributed by atoms with van der Waals surface area (Å²) in [5.74, 6) is 0.609. The molecular formula is C28H33N6O5P. The Balaban J connectivity index is 1.27. The molecule has 0 aliphatic carbocycles. The van der Waals surface area contributed by atoms with Gasteiger partial charge in [0.15, 0.2) is 17.5 Å². The molecule has 0 radical (unpaired) electrons. The standard InChI is InChI=1S/C28H33N6O5P/c1-3-36-26-24-25(32-28(29)33-26)34(18-30-24)27-19(2)14-22(38-27)17-37-40(31-15-20-10-6-4-7-11-20)39-23(16-35)21-12-8-5-9-13-21/h4-13,16,18-19,22-23,27,31H,3,14-15,17H2,1-2H3,(H2,29,32,33). The zero-order valence-corrected chi connectivity index (χ0v) is 23.3. The summed E-state index contributed by atoms with van der Waals surface area (Å²) in [6, 6.07) is 19.3. The average molecular weight is 565 g/mol. The Morgan fingerprint density at radius 3 is 2.65 bits per heavy atom. The van der Waals surface area contributed by atoms with E-state index in [1.807, 2.05) is 72.2 Å². The average Bonchev–Trinajstić information content (AvgIpc) is 3.56. The number of anilines is 1. The van der Waals surface area contributed by atoms with E-state index in [-0.39, 0.29) is 30.8 Å². The van der Waals surface area contributed by atoms with Crippen LogP contribution in [0.15, 0.2) is 67.0 Å². The topological polar surface area (TPSA) is 136 Å². The third-order valence-corrected chi connectivity index (χ3v) is 7.73. The summed E-state index contributed by atoms with van der Waals surface area (Å²) >= 11 is 0. The lowest BCUT2D eigenvalue weighted by atomic mass is 10.1. The third kappa shape index (κ3) is 6.63. The van der Waals surface area contributed by atoms with E-state index in [0.29, 0.717) is 30.2 Å². The van der Waals surface area contributed by atoms with Gasteiger partial charge in [-0.1, -0.05) is 67.6 Å². The van der Waals surface area contributed by atoms with Crippen molar-refractivity contribution in [2.45, 2.75) is 45.2 Å². The van der Waals surface area contributed by atoms with Crippen molar-refractivity contribution in [1.29, 1.82) is 0 Å². The van der Waals surface area contributed by atoms with Gasteiger partial charge in [0.1, 0.15) is 12.3 Å². The number of carbonyl (C=O) groups excluding carboxylic acids is 1. The number of fused-ring (bicyclic) bond motifs is 1. The molecule has 0 amide bonds. The zero-order chi connectivity index (χ0) is 27.9. The third-order valence-electron chi connectivity index (χ3n) is 6.51. The molecule has 1 aliphatic rings. The number of nitrogens with one attached hydrogen (secondary N) is 1. The van der Waals surface area contributed by atoms with Gasteiger partial charge in [0.2, 0.25) is 11.8 Å². The van der Waals surface area contributed by atoms with Crippen molar-refractivity contribution in [2.24, 2.45) is 5.92 Å². The molecule has 11 nitrogen and oxygen atoms in total. The lowest BCUT2D eigenvalue weighted by molar-refractivity contribution is -0.114. The molecular weight excluding hydrogens is 531 g/mol. The SMILES string of the molecule is CCOc1nc(N)nc2c1ncn2C1OC(COP(NCc2ccccc2)OC(C=O)c2ccccc2)CC1C. The highest BCUT2D eigenvalue weighted by Gasteiger charge is 2.36. The first-order valence-corrected chi connectivity index (χ1v) is 14.4. The number of hydrogen-bond donors (Lipinski definition) is 2. The molecule has 0 saturated carbocycles. The van der Waals surface area contributed by atoms with Gasteiger partial charge in [0.05, 0.1) is 25.6 Å². The van der Waals surface area contributed by atoms with Crippen LogP contribution in [0.3, 0.4) is 0 Å². The van der Waals surface area contributed by atoms with Crippen LogP contribution in [0.2, 0.25) is 0 Å². The van der Waals surface area contributed by atoms with Crippen LogP contribution in [-0.2, 0) is 25.1 Å². The predicted molar refractivity (Wildman–Crippen MR) is 151 cm³/mol. The van der Waals surface area contributed by atoms with E-state index in [1.54, 1.807) is 6.33 Å². The first-order valence-electron chi connectivity index (χ1n) is 13.2. The summed E-state index contributed by atoms with van der Waals surface area (Å²) in [6.07, 6.45) is 1.93. The summed E-state index contributed by atoms with van der Waals surface area (Å²) in [5.41, 5.74) is 8.88. The number of aldehydes is 1. The minimum atomic E-state index is -1.62. The molecule has 1 aliphatic heterocycles. The zero-order valence-electron chi connectivity index (χ0n) is 22.4. The lowest BCUT2D eigenvalue weighted by Crippen LogP contribution is -2.20. The van der Waals surface area contributed by atoms with Crippen LogP contribution in [0.25, 0.3) is 11.2 Å². The molecule has 5 rings (SSSR count). The van der Waals surface area contributed by atoms with Gasteiger partial charge in [-0.15, -0.1) is 0 Å². The second kappa shape index (κ2) is 13.3. The number of hydrogen-bond acceptors (Lipinski definition) is 10. The van der Waals surface area contributed by atoms with Gasteiger partial charge in [0, 0.05) is 12.5 Å². The van der Waals surface area contributed by atoms with Crippen LogP contribution in [0.1, 0.15) is 43.7 Å². The van der Waals surface area contributed by atoms with Gasteiger partial charge in [-0.25, -0.2) is 10.1 Å². The Hall–Kier alpha value is -3.47. The number of nitrogens with two attached hydrogens (primary N) is 1. The number of rotatable bonds is 13. The fourth-order valence-electron chi connectivity index (χ4n) is 4.62. The van der Waals surface area contributed by atoms with E-state index < -0.39 is 14.6 Å². The maximum Gasteiger partial charge on any atom is 0.257 e. The molecule has 2 aromatic carbocycles. The van der Waals surface area contributed by atoms with Crippen LogP contribution < -0.4 is 15.6 Å². The number of imidazole rings is 1. The first kappa shape index (κ1) is 28.1. The van der Waals surface area contributed by atoms with E-state index in [9.17, 15) is 4.79 Å². The molecule has 0 spiro atoms. The van der Waals surface area contributed by atoms with Gasteiger partial charge < -0.3 is 29.0 Å². The van der Waals surface area contributed by atoms with Crippen molar-refractivity contribution >= 4 is 31.9 Å². The minimum Gasteiger partial charge on any atom is -0.476 e. The van der Waals surface area contributed by atoms with Crippen molar-refractivity contribution in [1.82, 2.24) is 24.6 Å². The summed E-state index contributed by atoms with van der Waals surface area (Å²) in [7, 11) is -1.62. The molecule has 1 fully saturated rings. The van der Waals surface area contributed by atoms with Gasteiger partial charge in [0.25, 0.3) is 8.53 Å². The van der Waals surface area contributed by atoms with E-state index in [4.69, 9.17) is 24.3 Å². The van der Waals surface area contributed by atoms with Crippen LogP contribution in [0.4, 0.5) is 5.95 Å². The highest BCUT2D eigenvalue weighted by molar-refractivity contribution is 7.44. The molecule has 4 aromatic rings. The van der Waals surface area contributed by atoms with Gasteiger partial charge in [-0.2, -0.15) is 9.97 Å². The normalized spacial score (nSPS) is 20.4. The number of benzene rings is 2. The molecule has 12 heteroatoms. The van der Waals surface area contributed by atoms with Crippen LogP contribution in [0.5, 0.6) is 5.88 Å². The second-order valence-corrected chi connectivity index (χ2v) is 10.8. The van der Waals surface area contributed by atoms with E-state index >= 15 is 0 Å². The van der Waals surface area contributed by atoms with Crippen molar-refractivity contribution in [3.8, 4) is 5.88 Å². The van der Waals surface area contributed by atoms with Gasteiger partial charge in [-0.3, -0.25) is 4.57 Å². The summed E-state index contributed by atoms with van der Waals surface area (Å²) in [5, 5.41) is 3.34. The van der Waals surface area contributed by atoms with Crippen molar-refractivity contribution in [3.05, 3.63) is 78.1 Å².